The minimum atomic E-state index is -1.45. The number of aromatic hydroxyl groups is 1. The number of hydrogen-bond donors (Lipinski definition) is 3. The van der Waals surface area contributed by atoms with Crippen molar-refractivity contribution in [2.45, 2.75) is 12.5 Å². The molecule has 0 aliphatic carbocycles. The summed E-state index contributed by atoms with van der Waals surface area (Å²) in [7, 11) is 1.52. The molecule has 1 aromatic carbocycles. The van der Waals surface area contributed by atoms with E-state index in [0.717, 1.165) is 22.7 Å². The Bertz CT molecular complexity index is 1200. The highest BCUT2D eigenvalue weighted by Crippen LogP contribution is 2.30. The highest BCUT2D eigenvalue weighted by atomic mass is 16.5. The normalized spacial score (nSPS) is 16.1. The first-order valence-electron chi connectivity index (χ1n) is 9.47. The number of para-hydroxylation sites is 1. The Hall–Kier alpha value is -3.59. The zero-order chi connectivity index (χ0) is 21.4. The Morgan fingerprint density at radius 3 is 2.80 bits per heavy atom. The molecule has 0 fully saturated rings. The van der Waals surface area contributed by atoms with Crippen LogP contribution in [0.2, 0.25) is 0 Å². The molecule has 2 aromatic heterocycles. The van der Waals surface area contributed by atoms with Crippen molar-refractivity contribution in [3.63, 3.8) is 0 Å². The van der Waals surface area contributed by atoms with Crippen molar-refractivity contribution in [3.8, 4) is 5.75 Å². The molecule has 0 saturated carbocycles. The zero-order valence-electron chi connectivity index (χ0n) is 16.3. The number of carbonyl (C=O) groups is 2. The van der Waals surface area contributed by atoms with Gasteiger partial charge >= 0.3 is 5.97 Å². The van der Waals surface area contributed by atoms with Crippen LogP contribution < -0.4 is 5.43 Å². The molecule has 3 aromatic rings. The van der Waals surface area contributed by atoms with Gasteiger partial charge in [0, 0.05) is 43.5 Å². The van der Waals surface area contributed by atoms with Gasteiger partial charge in [-0.1, -0.05) is 18.2 Å². The van der Waals surface area contributed by atoms with Crippen LogP contribution in [0.3, 0.4) is 0 Å². The van der Waals surface area contributed by atoms with E-state index in [-0.39, 0.29) is 24.8 Å². The number of amides is 1. The number of benzene rings is 1. The van der Waals surface area contributed by atoms with Crippen molar-refractivity contribution in [2.24, 2.45) is 0 Å². The number of aromatic amines is 1. The summed E-state index contributed by atoms with van der Waals surface area (Å²) < 4.78 is 6.50. The molecule has 156 valence electrons. The van der Waals surface area contributed by atoms with Crippen LogP contribution in [-0.4, -0.2) is 63.3 Å². The number of aromatic carboxylic acids is 1. The summed E-state index contributed by atoms with van der Waals surface area (Å²) in [5.41, 5.74) is 0.111. The lowest BCUT2D eigenvalue weighted by Gasteiger charge is -2.36. The standard InChI is InChI=1S/C21H21N3O6/c1-30-7-6-23-10-13(8-12-9-22-16-5-3-2-4-14(12)16)24-11-15(21(28)29)18(25)19(26)17(24)20(23)27/h2-5,9,11,13,22,26H,6-8,10H2,1H3,(H,28,29)/t13-/m0/s1. The van der Waals surface area contributed by atoms with Crippen molar-refractivity contribution in [3.05, 3.63) is 63.7 Å². The largest absolute Gasteiger partial charge is 0.503 e. The summed E-state index contributed by atoms with van der Waals surface area (Å²) in [6, 6.07) is 7.40. The van der Waals surface area contributed by atoms with Crippen LogP contribution in [0.5, 0.6) is 5.75 Å². The van der Waals surface area contributed by atoms with Crippen LogP contribution in [0.25, 0.3) is 10.9 Å². The van der Waals surface area contributed by atoms with Crippen molar-refractivity contribution in [1.29, 1.82) is 0 Å². The fraction of sp³-hybridized carbons (Fsp3) is 0.286. The van der Waals surface area contributed by atoms with Crippen molar-refractivity contribution < 1.29 is 24.5 Å². The van der Waals surface area contributed by atoms with Gasteiger partial charge in [0.1, 0.15) is 5.56 Å². The topological polar surface area (TPSA) is 125 Å². The van der Waals surface area contributed by atoms with Crippen LogP contribution in [0.1, 0.15) is 32.5 Å². The van der Waals surface area contributed by atoms with Crippen LogP contribution in [0.4, 0.5) is 0 Å². The third kappa shape index (κ3) is 3.22. The Kier molecular flexibility index (Phi) is 5.04. The summed E-state index contributed by atoms with van der Waals surface area (Å²) in [6.07, 6.45) is 3.50. The second-order valence-corrected chi connectivity index (χ2v) is 7.24. The first-order valence-corrected chi connectivity index (χ1v) is 9.47. The molecule has 1 atom stereocenters. The minimum Gasteiger partial charge on any atom is -0.503 e. The number of hydrogen-bond acceptors (Lipinski definition) is 5. The van der Waals surface area contributed by atoms with Crippen LogP contribution >= 0.6 is 0 Å². The molecule has 3 heterocycles. The SMILES string of the molecule is COCCN1C[C@H](Cc2c[nH]c3ccccc23)n2cc(C(=O)O)c(=O)c(O)c2C1=O. The first kappa shape index (κ1) is 19.7. The number of nitrogens with zero attached hydrogens (tertiary/aromatic N) is 2. The van der Waals surface area contributed by atoms with Crippen molar-refractivity contribution in [2.75, 3.05) is 26.8 Å². The maximum atomic E-state index is 12.9. The number of nitrogens with one attached hydrogen (secondary N) is 1. The van der Waals surface area contributed by atoms with Gasteiger partial charge in [-0.2, -0.15) is 0 Å². The number of methoxy groups -OCH3 is 1. The molecule has 0 saturated heterocycles. The predicted octanol–water partition coefficient (Wildman–Crippen LogP) is 1.62. The average Bonchev–Trinajstić information content (AvgIpc) is 3.13. The molecule has 0 radical (unpaired) electrons. The second-order valence-electron chi connectivity index (χ2n) is 7.24. The molecule has 1 aliphatic rings. The number of H-pyrrole nitrogens is 1. The van der Waals surface area contributed by atoms with Crippen LogP contribution in [0, 0.1) is 0 Å². The van der Waals surface area contributed by atoms with E-state index < -0.39 is 28.6 Å². The van der Waals surface area contributed by atoms with Crippen LogP contribution in [0.15, 0.2) is 41.5 Å². The fourth-order valence-electron chi connectivity index (χ4n) is 3.96. The van der Waals surface area contributed by atoms with Gasteiger partial charge in [-0.15, -0.1) is 0 Å². The molecular weight excluding hydrogens is 390 g/mol. The number of fused-ring (bicyclic) bond motifs is 2. The van der Waals surface area contributed by atoms with Gasteiger partial charge in [0.05, 0.1) is 12.6 Å². The molecule has 0 spiro atoms. The molecular formula is C21H21N3O6. The van der Waals surface area contributed by atoms with Gasteiger partial charge in [-0.25, -0.2) is 4.79 Å². The number of pyridine rings is 1. The maximum absolute atomic E-state index is 12.9. The maximum Gasteiger partial charge on any atom is 0.341 e. The molecule has 9 nitrogen and oxygen atoms in total. The molecule has 1 amide bonds. The molecule has 30 heavy (non-hydrogen) atoms. The first-order chi connectivity index (χ1) is 14.4. The zero-order valence-corrected chi connectivity index (χ0v) is 16.3. The molecule has 4 rings (SSSR count). The van der Waals surface area contributed by atoms with Gasteiger partial charge in [-0.3, -0.25) is 9.59 Å². The molecule has 0 unspecified atom stereocenters. The Balaban J connectivity index is 1.83. The van der Waals surface area contributed by atoms with Gasteiger partial charge in [0.25, 0.3) is 5.91 Å². The minimum absolute atomic E-state index is 0.197. The number of aromatic nitrogens is 2. The second kappa shape index (κ2) is 7.68. The quantitative estimate of drug-likeness (QED) is 0.566. The summed E-state index contributed by atoms with van der Waals surface area (Å²) >= 11 is 0. The van der Waals surface area contributed by atoms with Crippen molar-refractivity contribution >= 4 is 22.8 Å². The molecule has 0 bridgehead atoms. The Labute approximate surface area is 171 Å². The third-order valence-electron chi connectivity index (χ3n) is 5.45. The lowest BCUT2D eigenvalue weighted by molar-refractivity contribution is 0.0586. The number of carboxylic acids is 1. The van der Waals surface area contributed by atoms with Gasteiger partial charge < -0.3 is 29.4 Å². The lowest BCUT2D eigenvalue weighted by Crippen LogP contribution is -2.46. The van der Waals surface area contributed by atoms with Gasteiger partial charge in [-0.05, 0) is 18.1 Å². The van der Waals surface area contributed by atoms with Gasteiger partial charge in [0.2, 0.25) is 5.43 Å². The number of carbonyl (C=O) groups excluding carboxylic acids is 1. The highest BCUT2D eigenvalue weighted by molar-refractivity contribution is 5.97. The van der Waals surface area contributed by atoms with E-state index >= 15 is 0 Å². The Morgan fingerprint density at radius 1 is 1.30 bits per heavy atom. The number of ether oxygens (including phenoxy) is 1. The van der Waals surface area contributed by atoms with E-state index in [1.165, 1.54) is 16.6 Å². The number of carboxylic acid groups (broad SMARTS) is 1. The molecule has 1 aliphatic heterocycles. The average molecular weight is 411 g/mol. The summed E-state index contributed by atoms with van der Waals surface area (Å²) in [4.78, 5) is 41.5. The Morgan fingerprint density at radius 2 is 2.07 bits per heavy atom. The molecule has 9 heteroatoms. The summed E-state index contributed by atoms with van der Waals surface area (Å²) in [5, 5.41) is 20.8. The van der Waals surface area contributed by atoms with E-state index in [2.05, 4.69) is 4.98 Å². The van der Waals surface area contributed by atoms with E-state index in [0.29, 0.717) is 13.0 Å². The summed E-state index contributed by atoms with van der Waals surface area (Å²) in [6.45, 7) is 0.869. The van der Waals surface area contributed by atoms with E-state index in [9.17, 15) is 24.6 Å². The lowest BCUT2D eigenvalue weighted by atomic mass is 10.0. The van der Waals surface area contributed by atoms with E-state index in [1.54, 1.807) is 0 Å². The number of rotatable bonds is 6. The predicted molar refractivity (Wildman–Crippen MR) is 108 cm³/mol. The smallest absolute Gasteiger partial charge is 0.341 e. The molecule has 3 N–H and O–H groups in total. The highest BCUT2D eigenvalue weighted by Gasteiger charge is 2.35. The third-order valence-corrected chi connectivity index (χ3v) is 5.45. The van der Waals surface area contributed by atoms with E-state index in [4.69, 9.17) is 4.74 Å². The van der Waals surface area contributed by atoms with Crippen molar-refractivity contribution in [1.82, 2.24) is 14.5 Å². The monoisotopic (exact) mass is 411 g/mol. The van der Waals surface area contributed by atoms with E-state index in [1.807, 2.05) is 30.5 Å². The van der Waals surface area contributed by atoms with Gasteiger partial charge in [0.15, 0.2) is 11.4 Å². The summed E-state index contributed by atoms with van der Waals surface area (Å²) in [5.74, 6) is -2.83. The van der Waals surface area contributed by atoms with Crippen LogP contribution in [-0.2, 0) is 11.2 Å². The fourth-order valence-corrected chi connectivity index (χ4v) is 3.96.